The number of carbonyl (C=O) groups is 2. The Morgan fingerprint density at radius 3 is 1.48 bits per heavy atom. The first-order chi connectivity index (χ1) is 24.3. The number of rotatable bonds is 9. The average Bonchev–Trinajstić information content (AvgIpc) is 3.09. The number of ether oxygens (including phenoxy) is 4. The number of hydrogen-bond donors (Lipinski definition) is 0. The Balaban J connectivity index is 0.000000915. The molecule has 2 aromatic rings. The van der Waals surface area contributed by atoms with E-state index in [4.69, 9.17) is 32.0 Å². The van der Waals surface area contributed by atoms with Crippen LogP contribution in [0, 0.1) is 19.2 Å². The number of ketones is 1. The quantitative estimate of drug-likeness (QED) is 0.108. The SMILES string of the molecule is COc1cc(Br)cc(OC)c1[C@@H]1C=C(C)CC[C@H]1C(=O)N(C)OC.[2H]C([2H])([2H])C(=O)[C@@H]1CCC(C)=C[C@H]1c1c(OC)cc(Br)cc1OC.[2H][C-]([2H])[2H].[I-].[Mg+2]. The van der Waals surface area contributed by atoms with Gasteiger partial charge in [0, 0.05) is 49.0 Å². The van der Waals surface area contributed by atoms with E-state index in [2.05, 4.69) is 44.9 Å². The molecular weight excluding hydrogens is 869 g/mol. The van der Waals surface area contributed by atoms with Gasteiger partial charge in [-0.2, -0.15) is 0 Å². The van der Waals surface area contributed by atoms with Crippen LogP contribution >= 0.6 is 31.9 Å². The molecule has 0 N–H and O–H groups in total. The number of Topliss-reactive ketones (excluding diaryl/α,β-unsaturated/α-hetero) is 1. The van der Waals surface area contributed by atoms with Crippen molar-refractivity contribution in [3.63, 3.8) is 0 Å². The molecule has 0 radical (unpaired) electrons. The molecule has 48 heavy (non-hydrogen) atoms. The van der Waals surface area contributed by atoms with Gasteiger partial charge >= 0.3 is 23.1 Å². The molecule has 2 aliphatic carbocycles. The fourth-order valence-electron chi connectivity index (χ4n) is 6.07. The second kappa shape index (κ2) is 21.8. The van der Waals surface area contributed by atoms with E-state index in [-0.39, 0.29) is 70.7 Å². The van der Waals surface area contributed by atoms with Crippen molar-refractivity contribution >= 4 is 66.6 Å². The van der Waals surface area contributed by atoms with Crippen molar-refractivity contribution in [3.8, 4) is 23.0 Å². The average molecular weight is 924 g/mol. The summed E-state index contributed by atoms with van der Waals surface area (Å²) in [5, 5.41) is 1.30. The molecule has 0 fully saturated rings. The van der Waals surface area contributed by atoms with Gasteiger partial charge in [-0.15, -0.1) is 0 Å². The molecule has 0 saturated heterocycles. The van der Waals surface area contributed by atoms with Crippen molar-refractivity contribution in [1.29, 1.82) is 0 Å². The molecule has 262 valence electrons. The second-order valence-electron chi connectivity index (χ2n) is 11.2. The standard InChI is InChI=1S/C18H24BrNO4.C17H21BrO3.CH3.HI.Mg/c1-11-6-7-13(18(21)20(2)24-5)14(8-11)17-15(22-3)9-12(19)10-16(17)23-4;1-10-5-6-13(11(2)19)14(7-10)17-15(20-3)8-12(18)9-16(17)21-4;;;/h8-10,13-14H,6-7H2,1-5H3;7-9,13-14H,5-6H2,1-4H3;1H3;1H;/q;;-1;;+2/p-1/t13-,14-;13-,14+;;;/m10.../s1/i;2D3;1D3;;. The number of benzene rings is 2. The van der Waals surface area contributed by atoms with Crippen LogP contribution in [0.3, 0.4) is 0 Å². The number of carbonyl (C=O) groups excluding carboxylic acids is 2. The van der Waals surface area contributed by atoms with Gasteiger partial charge in [0.05, 0.1) is 41.5 Å². The van der Waals surface area contributed by atoms with Crippen molar-refractivity contribution in [1.82, 2.24) is 5.06 Å². The van der Waals surface area contributed by atoms with E-state index >= 15 is 0 Å². The van der Waals surface area contributed by atoms with E-state index in [0.29, 0.717) is 41.4 Å². The van der Waals surface area contributed by atoms with Crippen molar-refractivity contribution < 1.29 is 65.6 Å². The van der Waals surface area contributed by atoms with E-state index in [1.54, 1.807) is 47.6 Å². The first kappa shape index (κ1) is 36.5. The van der Waals surface area contributed by atoms with Gasteiger partial charge in [-0.1, -0.05) is 55.2 Å². The number of halogens is 3. The van der Waals surface area contributed by atoms with E-state index in [9.17, 15) is 9.59 Å². The Morgan fingerprint density at radius 2 is 1.15 bits per heavy atom. The molecule has 2 aromatic carbocycles. The van der Waals surface area contributed by atoms with Crippen LogP contribution in [0.25, 0.3) is 0 Å². The number of hydroxylamine groups is 2. The number of allylic oxidation sites excluding steroid dienone is 4. The molecule has 1 amide bonds. The fraction of sp³-hybridized carbons (Fsp3) is 0.472. The van der Waals surface area contributed by atoms with Crippen LogP contribution in [0.1, 0.15) is 77.6 Å². The van der Waals surface area contributed by atoms with E-state index in [0.717, 1.165) is 32.9 Å². The Kier molecular flexibility index (Phi) is 16.6. The van der Waals surface area contributed by atoms with Gasteiger partial charge in [0.25, 0.3) is 0 Å². The second-order valence-corrected chi connectivity index (χ2v) is 13.0. The summed E-state index contributed by atoms with van der Waals surface area (Å²) < 4.78 is 63.8. The molecule has 0 bridgehead atoms. The summed E-state index contributed by atoms with van der Waals surface area (Å²) >= 11 is 6.88. The molecule has 4 atom stereocenters. The number of amides is 1. The normalized spacial score (nSPS) is 21.6. The van der Waals surface area contributed by atoms with Gasteiger partial charge < -0.3 is 50.3 Å². The number of methoxy groups -OCH3 is 4. The molecule has 0 saturated carbocycles. The van der Waals surface area contributed by atoms with E-state index < -0.39 is 25.9 Å². The van der Waals surface area contributed by atoms with Crippen LogP contribution in [0.4, 0.5) is 0 Å². The smallest absolute Gasteiger partial charge is 1.00 e. The fourth-order valence-corrected chi connectivity index (χ4v) is 6.90. The molecule has 0 aliphatic heterocycles. The van der Waals surface area contributed by atoms with Crippen LogP contribution < -0.4 is 42.9 Å². The Morgan fingerprint density at radius 1 is 0.792 bits per heavy atom. The summed E-state index contributed by atoms with van der Waals surface area (Å²) in [6.07, 6.45) is 6.99. The predicted octanol–water partition coefficient (Wildman–Crippen LogP) is 5.49. The summed E-state index contributed by atoms with van der Waals surface area (Å²) in [4.78, 5) is 30.4. The summed E-state index contributed by atoms with van der Waals surface area (Å²) in [5.41, 5.74) is 3.99. The predicted molar refractivity (Wildman–Crippen MR) is 196 cm³/mol. The summed E-state index contributed by atoms with van der Waals surface area (Å²) in [7, 11) is 8.65. The first-order valence-corrected chi connectivity index (χ1v) is 16.2. The zero-order valence-electron chi connectivity index (χ0n) is 34.7. The van der Waals surface area contributed by atoms with Crippen molar-refractivity contribution in [3.05, 3.63) is 75.0 Å². The molecule has 2 aliphatic rings. The summed E-state index contributed by atoms with van der Waals surface area (Å²) in [6.45, 7) is 1.46. The van der Waals surface area contributed by atoms with Gasteiger partial charge in [-0.05, 0) is 70.6 Å². The zero-order chi connectivity index (χ0) is 39.5. The third-order valence-corrected chi connectivity index (χ3v) is 9.33. The molecule has 8 nitrogen and oxygen atoms in total. The molecule has 0 heterocycles. The van der Waals surface area contributed by atoms with Crippen LogP contribution in [0.15, 0.2) is 56.5 Å². The molecule has 0 aromatic heterocycles. The van der Waals surface area contributed by atoms with Crippen molar-refractivity contribution in [2.24, 2.45) is 11.8 Å². The van der Waals surface area contributed by atoms with E-state index in [1.165, 1.54) is 17.7 Å². The molecular formula is C36H48Br2IMgNO7. The minimum Gasteiger partial charge on any atom is -1.00 e. The third-order valence-electron chi connectivity index (χ3n) is 8.42. The van der Waals surface area contributed by atoms with Gasteiger partial charge in [-0.3, -0.25) is 14.4 Å². The largest absolute Gasteiger partial charge is 2.00 e. The maximum Gasteiger partial charge on any atom is 2.00 e. The molecule has 4 rings (SSSR count). The van der Waals surface area contributed by atoms with Crippen molar-refractivity contribution in [2.75, 3.05) is 42.6 Å². The van der Waals surface area contributed by atoms with Gasteiger partial charge in [0.1, 0.15) is 28.8 Å². The molecule has 12 heteroatoms. The maximum absolute atomic E-state index is 12.8. The Hall–Kier alpha value is -1.32. The molecule has 0 unspecified atom stereocenters. The van der Waals surface area contributed by atoms with E-state index in [1.807, 2.05) is 25.1 Å². The minimum atomic E-state index is -2.61. The Labute approximate surface area is 345 Å². The Bertz CT molecular complexity index is 1560. The zero-order valence-corrected chi connectivity index (χ0v) is 35.5. The number of nitrogens with zero attached hydrogens (tertiary/aromatic N) is 1. The van der Waals surface area contributed by atoms with Crippen LogP contribution in [-0.2, 0) is 14.4 Å². The van der Waals surface area contributed by atoms with Gasteiger partial charge in [0.2, 0.25) is 5.91 Å². The summed E-state index contributed by atoms with van der Waals surface area (Å²) in [6, 6.07) is 7.40. The minimum absolute atomic E-state index is 0. The monoisotopic (exact) mass is 921 g/mol. The summed E-state index contributed by atoms with van der Waals surface area (Å²) in [5.74, 6) is 0.451. The van der Waals surface area contributed by atoms with Crippen molar-refractivity contribution in [2.45, 2.75) is 58.2 Å². The van der Waals surface area contributed by atoms with Crippen LogP contribution in [-0.4, -0.2) is 82.4 Å². The maximum atomic E-state index is 12.8. The number of hydrogen-bond acceptors (Lipinski definition) is 7. The molecule has 0 spiro atoms. The first-order valence-electron chi connectivity index (χ1n) is 17.6. The topological polar surface area (TPSA) is 83.5 Å². The third kappa shape index (κ3) is 11.3. The van der Waals surface area contributed by atoms with Crippen LogP contribution in [0.5, 0.6) is 23.0 Å². The van der Waals surface area contributed by atoms with Crippen LogP contribution in [0.2, 0.25) is 0 Å². The van der Waals surface area contributed by atoms with Gasteiger partial charge in [-0.25, -0.2) is 9.18 Å². The van der Waals surface area contributed by atoms with Gasteiger partial charge in [0.15, 0.2) is 0 Å².